The molecule has 1 aromatic heterocycles. The number of hydrogen-bond donors (Lipinski definition) is 2. The number of carboxylic acid groups (broad SMARTS) is 1. The van der Waals surface area contributed by atoms with Gasteiger partial charge in [0.05, 0.1) is 23.4 Å². The molecule has 2 unspecified atom stereocenters. The van der Waals surface area contributed by atoms with E-state index < -0.39 is 17.7 Å². The van der Waals surface area contributed by atoms with Gasteiger partial charge in [-0.15, -0.1) is 0 Å². The maximum absolute atomic E-state index is 12.7. The lowest BCUT2D eigenvalue weighted by Gasteiger charge is -2.34. The summed E-state index contributed by atoms with van der Waals surface area (Å²) in [6.07, 6.45) is 1.66. The number of nitrogens with zero attached hydrogens (tertiary/aromatic N) is 2. The zero-order valence-corrected chi connectivity index (χ0v) is 22.6. The highest BCUT2D eigenvalue weighted by Gasteiger charge is 2.36. The normalized spacial score (nSPS) is 19.0. The van der Waals surface area contributed by atoms with Crippen LogP contribution in [0.2, 0.25) is 0 Å². The van der Waals surface area contributed by atoms with Gasteiger partial charge in [-0.2, -0.15) is 0 Å². The van der Waals surface area contributed by atoms with E-state index in [1.165, 1.54) is 6.92 Å². The van der Waals surface area contributed by atoms with Gasteiger partial charge >= 0.3 is 5.97 Å². The number of carboxylic acids is 1. The first-order valence-corrected chi connectivity index (χ1v) is 12.9. The third kappa shape index (κ3) is 4.65. The molecular formula is C30H33N3O5. The number of aliphatic imine (C=N–C) groups is 1. The molecule has 0 saturated heterocycles. The van der Waals surface area contributed by atoms with Gasteiger partial charge in [0.15, 0.2) is 6.10 Å². The van der Waals surface area contributed by atoms with Crippen LogP contribution in [-0.4, -0.2) is 40.4 Å². The van der Waals surface area contributed by atoms with Gasteiger partial charge < -0.3 is 19.9 Å². The van der Waals surface area contributed by atoms with Crippen LogP contribution in [-0.2, 0) is 14.3 Å². The zero-order chi connectivity index (χ0) is 27.4. The first-order valence-electron chi connectivity index (χ1n) is 12.9. The molecule has 0 spiro atoms. The maximum atomic E-state index is 12.7. The molecule has 0 aliphatic carbocycles. The first-order chi connectivity index (χ1) is 17.9. The Bertz CT molecular complexity index is 1490. The van der Waals surface area contributed by atoms with Crippen LogP contribution in [0.3, 0.4) is 0 Å². The Labute approximate surface area is 222 Å². The minimum atomic E-state index is -1.22. The van der Waals surface area contributed by atoms with Gasteiger partial charge in [0.25, 0.3) is 0 Å². The van der Waals surface area contributed by atoms with Crippen molar-refractivity contribution < 1.29 is 24.2 Å². The summed E-state index contributed by atoms with van der Waals surface area (Å²) in [4.78, 5) is 33.9. The fourth-order valence-electron chi connectivity index (χ4n) is 5.56. The van der Waals surface area contributed by atoms with Gasteiger partial charge in [-0.1, -0.05) is 6.92 Å². The second kappa shape index (κ2) is 9.51. The van der Waals surface area contributed by atoms with Crippen molar-refractivity contribution in [3.8, 4) is 16.9 Å². The van der Waals surface area contributed by atoms with Crippen molar-refractivity contribution >= 4 is 40.5 Å². The highest BCUT2D eigenvalue weighted by Crippen LogP contribution is 2.52. The number of aliphatic carboxylic acids is 1. The molecule has 2 N–H and O–H groups in total. The molecule has 198 valence electrons. The van der Waals surface area contributed by atoms with Gasteiger partial charge in [0.1, 0.15) is 11.6 Å². The number of aromatic nitrogens is 1. The lowest BCUT2D eigenvalue weighted by molar-refractivity contribution is -0.160. The highest BCUT2D eigenvalue weighted by atomic mass is 16.5. The third-order valence-corrected chi connectivity index (χ3v) is 7.08. The lowest BCUT2D eigenvalue weighted by Crippen LogP contribution is -2.28. The van der Waals surface area contributed by atoms with Crippen LogP contribution in [0.1, 0.15) is 69.8 Å². The van der Waals surface area contributed by atoms with Crippen LogP contribution in [0.25, 0.3) is 22.0 Å². The molecule has 3 atom stereocenters. The van der Waals surface area contributed by atoms with Crippen LogP contribution >= 0.6 is 0 Å². The zero-order valence-electron chi connectivity index (χ0n) is 22.6. The molecular weight excluding hydrogens is 482 g/mol. The number of amides is 1. The van der Waals surface area contributed by atoms with Crippen molar-refractivity contribution in [2.75, 3.05) is 11.9 Å². The van der Waals surface area contributed by atoms with E-state index in [0.717, 1.165) is 39.9 Å². The van der Waals surface area contributed by atoms with E-state index in [0.29, 0.717) is 29.1 Å². The van der Waals surface area contributed by atoms with Crippen molar-refractivity contribution in [2.24, 2.45) is 10.9 Å². The topological polar surface area (TPSA) is 110 Å². The molecule has 5 rings (SSSR count). The summed E-state index contributed by atoms with van der Waals surface area (Å²) in [5.74, 6) is 0.508. The number of rotatable bonds is 5. The molecule has 8 nitrogen and oxygen atoms in total. The summed E-state index contributed by atoms with van der Waals surface area (Å²) in [5.41, 5.74) is 4.61. The third-order valence-electron chi connectivity index (χ3n) is 7.08. The molecule has 1 amide bonds. The average Bonchev–Trinajstić information content (AvgIpc) is 2.83. The minimum absolute atomic E-state index is 0.219. The van der Waals surface area contributed by atoms with Crippen molar-refractivity contribution in [1.29, 1.82) is 0 Å². The predicted octanol–water partition coefficient (Wildman–Crippen LogP) is 6.33. The Morgan fingerprint density at radius 3 is 2.66 bits per heavy atom. The number of carbonyl (C=O) groups excluding carboxylic acids is 1. The molecule has 2 aliphatic rings. The molecule has 2 aliphatic heterocycles. The number of carbonyl (C=O) groups is 2. The fraction of sp³-hybridized carbons (Fsp3) is 0.400. The lowest BCUT2D eigenvalue weighted by atomic mass is 9.78. The van der Waals surface area contributed by atoms with E-state index >= 15 is 0 Å². The summed E-state index contributed by atoms with van der Waals surface area (Å²) in [7, 11) is 0. The number of pyridine rings is 1. The van der Waals surface area contributed by atoms with Gasteiger partial charge in [0, 0.05) is 41.1 Å². The summed E-state index contributed by atoms with van der Waals surface area (Å²) in [6.45, 7) is 11.7. The van der Waals surface area contributed by atoms with Gasteiger partial charge in [-0.3, -0.25) is 9.79 Å². The van der Waals surface area contributed by atoms with Crippen molar-refractivity contribution in [2.45, 2.75) is 65.6 Å². The number of aryl methyl sites for hydroxylation is 1. The summed E-state index contributed by atoms with van der Waals surface area (Å²) in [5, 5.41) is 13.9. The van der Waals surface area contributed by atoms with E-state index in [9.17, 15) is 14.7 Å². The molecule has 0 fully saturated rings. The Morgan fingerprint density at radius 1 is 1.21 bits per heavy atom. The van der Waals surface area contributed by atoms with Crippen LogP contribution in [0.5, 0.6) is 5.75 Å². The average molecular weight is 516 g/mol. The van der Waals surface area contributed by atoms with Crippen LogP contribution in [0, 0.1) is 12.8 Å². The van der Waals surface area contributed by atoms with Gasteiger partial charge in [-0.05, 0) is 81.5 Å². The minimum Gasteiger partial charge on any atom is -0.493 e. The molecule has 38 heavy (non-hydrogen) atoms. The molecule has 2 aromatic carbocycles. The molecule has 0 radical (unpaired) electrons. The molecule has 0 bridgehead atoms. The molecule has 3 heterocycles. The SMILES string of the molecule is CC(=O)Nc1ccc2c(-c3ccc4c5c3N=CC(C)C5CCO4)c([C@H](OC(C)(C)C)C(=O)O)c(C)cc2n1. The quantitative estimate of drug-likeness (QED) is 0.411. The first kappa shape index (κ1) is 25.9. The van der Waals surface area contributed by atoms with Crippen LogP contribution < -0.4 is 10.1 Å². The Kier molecular flexibility index (Phi) is 6.47. The van der Waals surface area contributed by atoms with Crippen molar-refractivity contribution in [3.05, 3.63) is 47.0 Å². The number of nitrogens with one attached hydrogen (secondary N) is 1. The molecule has 0 saturated carbocycles. The van der Waals surface area contributed by atoms with Crippen LogP contribution in [0.4, 0.5) is 11.5 Å². The summed E-state index contributed by atoms with van der Waals surface area (Å²) in [6, 6.07) is 9.37. The van der Waals surface area contributed by atoms with Crippen molar-refractivity contribution in [3.63, 3.8) is 0 Å². The predicted molar refractivity (Wildman–Crippen MR) is 148 cm³/mol. The van der Waals surface area contributed by atoms with E-state index in [4.69, 9.17) is 14.5 Å². The van der Waals surface area contributed by atoms with E-state index in [-0.39, 0.29) is 17.7 Å². The number of ether oxygens (including phenoxy) is 2. The number of hydrogen-bond acceptors (Lipinski definition) is 6. The Balaban J connectivity index is 1.85. The van der Waals surface area contributed by atoms with Crippen molar-refractivity contribution in [1.82, 2.24) is 4.98 Å². The summed E-state index contributed by atoms with van der Waals surface area (Å²) >= 11 is 0. The highest BCUT2D eigenvalue weighted by molar-refractivity contribution is 6.04. The van der Waals surface area contributed by atoms with Gasteiger partial charge in [0.2, 0.25) is 5.91 Å². The number of fused-ring (bicyclic) bond motifs is 1. The van der Waals surface area contributed by atoms with E-state index in [1.54, 1.807) is 6.07 Å². The second-order valence-corrected chi connectivity index (χ2v) is 11.1. The monoisotopic (exact) mass is 515 g/mol. The Hall–Kier alpha value is -3.78. The second-order valence-electron chi connectivity index (χ2n) is 11.1. The smallest absolute Gasteiger partial charge is 0.337 e. The fourth-order valence-corrected chi connectivity index (χ4v) is 5.56. The van der Waals surface area contributed by atoms with E-state index in [2.05, 4.69) is 17.2 Å². The van der Waals surface area contributed by atoms with Gasteiger partial charge in [-0.25, -0.2) is 9.78 Å². The largest absolute Gasteiger partial charge is 0.493 e. The molecule has 8 heteroatoms. The van der Waals surface area contributed by atoms with Crippen LogP contribution in [0.15, 0.2) is 35.3 Å². The standard InChI is InChI=1S/C30H33N3O5/c1-15-13-21-19(8-10-23(33-21)32-17(3)34)25(24(15)28(29(35)36)38-30(4,5)6)20-7-9-22-26-18(11-12-37-22)16(2)14-31-27(20)26/h7-10,13-14,16,18,28H,11-12H2,1-6H3,(H,35,36)(H,32,33,34)/t16?,18?,28-/m0/s1. The number of benzene rings is 2. The Morgan fingerprint density at radius 2 is 1.97 bits per heavy atom. The molecule has 3 aromatic rings. The summed E-state index contributed by atoms with van der Waals surface area (Å²) < 4.78 is 12.2. The maximum Gasteiger partial charge on any atom is 0.337 e. The number of anilines is 1. The van der Waals surface area contributed by atoms with E-state index in [1.807, 2.05) is 58.2 Å².